The van der Waals surface area contributed by atoms with Crippen LogP contribution >= 0.6 is 15.9 Å². The number of carbonyl (C=O) groups excluding carboxylic acids is 3. The van der Waals surface area contributed by atoms with Crippen molar-refractivity contribution in [3.63, 3.8) is 0 Å². The van der Waals surface area contributed by atoms with Gasteiger partial charge in [0.25, 0.3) is 5.91 Å². The Morgan fingerprint density at radius 3 is 2.69 bits per heavy atom. The number of rotatable bonds is 5. The normalized spacial score (nSPS) is 18.0. The Balaban J connectivity index is 1.61. The molecule has 0 spiro atoms. The molecule has 9 heteroatoms. The van der Waals surface area contributed by atoms with E-state index in [1.807, 2.05) is 6.07 Å². The molecule has 7 nitrogen and oxygen atoms in total. The van der Waals surface area contributed by atoms with Crippen molar-refractivity contribution in [1.29, 1.82) is 0 Å². The number of halogens is 2. The van der Waals surface area contributed by atoms with Crippen molar-refractivity contribution in [3.05, 3.63) is 69.6 Å². The van der Waals surface area contributed by atoms with Gasteiger partial charge in [0.2, 0.25) is 11.8 Å². The number of aliphatic hydroxyl groups excluding tert-OH is 1. The summed E-state index contributed by atoms with van der Waals surface area (Å²) in [6.07, 6.45) is 2.33. The van der Waals surface area contributed by atoms with Crippen LogP contribution in [-0.2, 0) is 20.8 Å². The van der Waals surface area contributed by atoms with Crippen LogP contribution in [0.5, 0.6) is 0 Å². The highest BCUT2D eigenvalue weighted by Gasteiger charge is 2.30. The monoisotopic (exact) mass is 501 g/mol. The third kappa shape index (κ3) is 4.44. The Morgan fingerprint density at radius 1 is 1.22 bits per heavy atom. The Labute approximate surface area is 192 Å². The van der Waals surface area contributed by atoms with Gasteiger partial charge in [-0.2, -0.15) is 0 Å². The van der Waals surface area contributed by atoms with Crippen molar-refractivity contribution in [1.82, 2.24) is 5.32 Å². The lowest BCUT2D eigenvalue weighted by molar-refractivity contribution is -0.121. The number of amides is 3. The molecular weight excluding hydrogens is 481 g/mol. The SMILES string of the molecule is O=C1CC(c2ccc(F)cc2)C(C(=O)Nc2cc3c(cc2Br)N(CCO)C(=O)CC3)=CN1. The molecule has 3 N–H and O–H groups in total. The molecule has 2 heterocycles. The van der Waals surface area contributed by atoms with E-state index in [-0.39, 0.29) is 37.3 Å². The average Bonchev–Trinajstić information content (AvgIpc) is 2.77. The van der Waals surface area contributed by atoms with Crippen LogP contribution in [0.2, 0.25) is 0 Å². The van der Waals surface area contributed by atoms with Crippen LogP contribution in [0, 0.1) is 5.82 Å². The number of aliphatic hydroxyl groups is 1. The largest absolute Gasteiger partial charge is 0.395 e. The number of carbonyl (C=O) groups is 3. The number of hydrogen-bond acceptors (Lipinski definition) is 4. The Bertz CT molecular complexity index is 1120. The topological polar surface area (TPSA) is 98.7 Å². The second kappa shape index (κ2) is 9.22. The van der Waals surface area contributed by atoms with Gasteiger partial charge >= 0.3 is 0 Å². The molecule has 0 fully saturated rings. The van der Waals surface area contributed by atoms with E-state index in [0.717, 1.165) is 5.56 Å². The zero-order chi connectivity index (χ0) is 22.8. The highest BCUT2D eigenvalue weighted by Crippen LogP contribution is 2.37. The molecule has 2 aromatic carbocycles. The number of anilines is 2. The minimum atomic E-state index is -0.501. The number of nitrogens with zero attached hydrogens (tertiary/aromatic N) is 1. The van der Waals surface area contributed by atoms with Crippen molar-refractivity contribution in [2.45, 2.75) is 25.2 Å². The van der Waals surface area contributed by atoms with Gasteiger partial charge < -0.3 is 20.6 Å². The van der Waals surface area contributed by atoms with Crippen molar-refractivity contribution in [2.75, 3.05) is 23.4 Å². The summed E-state index contributed by atoms with van der Waals surface area (Å²) in [6, 6.07) is 9.31. The summed E-state index contributed by atoms with van der Waals surface area (Å²) in [5.41, 5.74) is 3.15. The molecule has 2 aromatic rings. The smallest absolute Gasteiger partial charge is 0.253 e. The summed E-state index contributed by atoms with van der Waals surface area (Å²) in [5.74, 6) is -1.56. The number of hydrogen-bond donors (Lipinski definition) is 3. The number of fused-ring (bicyclic) bond motifs is 1. The average molecular weight is 502 g/mol. The van der Waals surface area contributed by atoms with Crippen LogP contribution in [0.25, 0.3) is 0 Å². The summed E-state index contributed by atoms with van der Waals surface area (Å²) < 4.78 is 13.9. The van der Waals surface area contributed by atoms with Gasteiger partial charge in [-0.15, -0.1) is 0 Å². The van der Waals surface area contributed by atoms with Crippen molar-refractivity contribution >= 4 is 45.0 Å². The summed E-state index contributed by atoms with van der Waals surface area (Å²) in [7, 11) is 0. The summed E-state index contributed by atoms with van der Waals surface area (Å²) in [6.45, 7) is 0.0574. The van der Waals surface area contributed by atoms with Crippen LogP contribution in [0.15, 0.2) is 52.6 Å². The van der Waals surface area contributed by atoms with E-state index in [9.17, 15) is 23.9 Å². The maximum absolute atomic E-state index is 13.3. The quantitative estimate of drug-likeness (QED) is 0.586. The first kappa shape index (κ1) is 22.2. The zero-order valence-corrected chi connectivity index (χ0v) is 18.6. The van der Waals surface area contributed by atoms with E-state index in [2.05, 4.69) is 26.6 Å². The number of nitrogens with one attached hydrogen (secondary N) is 2. The third-order valence-electron chi connectivity index (χ3n) is 5.63. The fourth-order valence-corrected chi connectivity index (χ4v) is 4.47. The molecule has 2 aliphatic heterocycles. The first-order valence-corrected chi connectivity index (χ1v) is 11.0. The highest BCUT2D eigenvalue weighted by molar-refractivity contribution is 9.10. The Hall–Kier alpha value is -3.04. The molecule has 2 aliphatic rings. The number of β-amino-alcohol motifs (C(OH)–C–C–N with tert-alkyl or cyclic N) is 1. The van der Waals surface area contributed by atoms with Gasteiger partial charge in [-0.1, -0.05) is 12.1 Å². The van der Waals surface area contributed by atoms with E-state index in [4.69, 9.17) is 0 Å². The van der Waals surface area contributed by atoms with Gasteiger partial charge in [0.05, 0.1) is 12.3 Å². The van der Waals surface area contributed by atoms with Crippen LogP contribution in [0.3, 0.4) is 0 Å². The van der Waals surface area contributed by atoms with Crippen LogP contribution < -0.4 is 15.5 Å². The number of aryl methyl sites for hydroxylation is 1. The van der Waals surface area contributed by atoms with Crippen molar-refractivity contribution in [2.24, 2.45) is 0 Å². The fraction of sp³-hybridized carbons (Fsp3) is 0.261. The fourth-order valence-electron chi connectivity index (χ4n) is 4.03. The molecule has 0 saturated heterocycles. The molecule has 1 atom stereocenters. The van der Waals surface area contributed by atoms with E-state index in [1.54, 1.807) is 23.1 Å². The molecule has 1 unspecified atom stereocenters. The predicted octanol–water partition coefficient (Wildman–Crippen LogP) is 2.99. The molecule has 0 aliphatic carbocycles. The minimum absolute atomic E-state index is 0.0551. The van der Waals surface area contributed by atoms with Gasteiger partial charge in [0.15, 0.2) is 0 Å². The Morgan fingerprint density at radius 2 is 1.97 bits per heavy atom. The second-order valence-electron chi connectivity index (χ2n) is 7.66. The first-order chi connectivity index (χ1) is 15.4. The van der Waals surface area contributed by atoms with E-state index in [0.29, 0.717) is 39.8 Å². The number of benzene rings is 2. The molecule has 0 radical (unpaired) electrons. The van der Waals surface area contributed by atoms with Gasteiger partial charge in [-0.25, -0.2) is 4.39 Å². The van der Waals surface area contributed by atoms with Crippen LogP contribution in [0.4, 0.5) is 15.8 Å². The van der Waals surface area contributed by atoms with Crippen molar-refractivity contribution < 1.29 is 23.9 Å². The summed E-state index contributed by atoms with van der Waals surface area (Å²) in [4.78, 5) is 38.8. The molecular formula is C23H21BrFN3O4. The molecule has 0 aromatic heterocycles. The molecule has 166 valence electrons. The minimum Gasteiger partial charge on any atom is -0.395 e. The van der Waals surface area contributed by atoms with E-state index >= 15 is 0 Å². The van der Waals surface area contributed by atoms with E-state index < -0.39 is 11.7 Å². The maximum Gasteiger partial charge on any atom is 0.253 e. The predicted molar refractivity (Wildman–Crippen MR) is 121 cm³/mol. The standard InChI is InChI=1S/C23H21BrFN3O4/c24-18-11-20-14(3-6-22(31)28(20)7-8-29)9-19(18)27-23(32)17-12-26-21(30)10-16(17)13-1-4-15(25)5-2-13/h1-2,4-5,9,11-12,16,29H,3,6-8,10H2,(H,26,30)(H,27,32). The zero-order valence-electron chi connectivity index (χ0n) is 17.0. The second-order valence-corrected chi connectivity index (χ2v) is 8.51. The Kier molecular flexibility index (Phi) is 6.38. The molecule has 32 heavy (non-hydrogen) atoms. The molecule has 0 saturated carbocycles. The molecule has 3 amide bonds. The lowest BCUT2D eigenvalue weighted by atomic mass is 9.86. The van der Waals surface area contributed by atoms with Crippen LogP contribution in [-0.4, -0.2) is 36.0 Å². The van der Waals surface area contributed by atoms with Gasteiger partial charge in [0, 0.05) is 47.2 Å². The van der Waals surface area contributed by atoms with Gasteiger partial charge in [-0.3, -0.25) is 14.4 Å². The highest BCUT2D eigenvalue weighted by atomic mass is 79.9. The third-order valence-corrected chi connectivity index (χ3v) is 6.28. The van der Waals surface area contributed by atoms with E-state index in [1.165, 1.54) is 18.3 Å². The van der Waals surface area contributed by atoms with Gasteiger partial charge in [-0.05, 0) is 57.7 Å². The first-order valence-electron chi connectivity index (χ1n) is 10.2. The molecule has 4 rings (SSSR count). The van der Waals surface area contributed by atoms with Crippen LogP contribution in [0.1, 0.15) is 29.9 Å². The summed E-state index contributed by atoms with van der Waals surface area (Å²) >= 11 is 3.46. The van der Waals surface area contributed by atoms with Crippen molar-refractivity contribution in [3.8, 4) is 0 Å². The summed E-state index contributed by atoms with van der Waals surface area (Å²) in [5, 5.41) is 14.7. The van der Waals surface area contributed by atoms with Gasteiger partial charge in [0.1, 0.15) is 5.82 Å². The lowest BCUT2D eigenvalue weighted by Gasteiger charge is -2.30. The maximum atomic E-state index is 13.3. The molecule has 0 bridgehead atoms. The lowest BCUT2D eigenvalue weighted by Crippen LogP contribution is -2.37.